The molecule has 4 nitrogen and oxygen atoms in total. The Morgan fingerprint density at radius 1 is 0.564 bits per heavy atom. The zero-order valence-corrected chi connectivity index (χ0v) is 30.8. The van der Waals surface area contributed by atoms with Gasteiger partial charge in [0.15, 0.2) is 5.84 Å². The van der Waals surface area contributed by atoms with Crippen LogP contribution in [0, 0.1) is 22.7 Å². The van der Waals surface area contributed by atoms with E-state index in [0.717, 1.165) is 44.0 Å². The van der Waals surface area contributed by atoms with E-state index in [2.05, 4.69) is 128 Å². The van der Waals surface area contributed by atoms with Gasteiger partial charge in [0.05, 0.1) is 34.4 Å². The number of aliphatic imine (C=N–C) groups is 2. The van der Waals surface area contributed by atoms with E-state index in [1.165, 1.54) is 38.3 Å². The summed E-state index contributed by atoms with van der Waals surface area (Å²) >= 11 is 1.78. The van der Waals surface area contributed by atoms with Gasteiger partial charge in [0.1, 0.15) is 0 Å². The maximum Gasteiger partial charge on any atom is 0.159 e. The third kappa shape index (κ3) is 5.45. The summed E-state index contributed by atoms with van der Waals surface area (Å²) < 4.78 is 0. The minimum atomic E-state index is -0.467. The van der Waals surface area contributed by atoms with Gasteiger partial charge in [-0.05, 0) is 99.6 Å². The minimum Gasteiger partial charge on any atom is -0.245 e. The number of hydrogen-bond donors (Lipinski definition) is 0. The summed E-state index contributed by atoms with van der Waals surface area (Å²) in [6, 6.07) is 60.8. The van der Waals surface area contributed by atoms with Crippen molar-refractivity contribution < 1.29 is 0 Å². The van der Waals surface area contributed by atoms with Gasteiger partial charge in [-0.1, -0.05) is 145 Å². The van der Waals surface area contributed by atoms with Gasteiger partial charge < -0.3 is 0 Å². The number of fused-ring (bicyclic) bond motifs is 9. The third-order valence-electron chi connectivity index (χ3n) is 10.7. The number of rotatable bonds is 5. The lowest BCUT2D eigenvalue weighted by atomic mass is 9.67. The van der Waals surface area contributed by atoms with Crippen LogP contribution in [-0.2, 0) is 5.41 Å². The monoisotopic (exact) mass is 720 g/mol. The van der Waals surface area contributed by atoms with Gasteiger partial charge in [0.2, 0.25) is 0 Å². The van der Waals surface area contributed by atoms with Crippen molar-refractivity contribution in [3.8, 4) is 34.4 Å². The van der Waals surface area contributed by atoms with Crippen molar-refractivity contribution in [2.75, 3.05) is 0 Å². The second-order valence-electron chi connectivity index (χ2n) is 13.7. The molecule has 0 N–H and O–H groups in total. The van der Waals surface area contributed by atoms with Crippen molar-refractivity contribution in [3.05, 3.63) is 214 Å². The molecule has 1 aliphatic heterocycles. The van der Waals surface area contributed by atoms with Crippen LogP contribution in [0.15, 0.2) is 184 Å². The maximum absolute atomic E-state index is 9.74. The Hall–Kier alpha value is -7.05. The number of hydrogen-bond acceptors (Lipinski definition) is 4. The second kappa shape index (κ2) is 13.7. The van der Waals surface area contributed by atoms with Crippen LogP contribution in [0.5, 0.6) is 0 Å². The minimum absolute atomic E-state index is 0.434. The Morgan fingerprint density at radius 2 is 1.13 bits per heavy atom. The molecule has 7 aromatic carbocycles. The normalized spacial score (nSPS) is 13.7. The fourth-order valence-corrected chi connectivity index (χ4v) is 9.59. The molecule has 0 radical (unpaired) electrons. The Balaban J connectivity index is 1.24. The summed E-state index contributed by atoms with van der Waals surface area (Å²) in [4.78, 5) is 12.3. The molecule has 0 amide bonds. The van der Waals surface area contributed by atoms with Crippen LogP contribution in [0.2, 0.25) is 0 Å². The Labute approximate surface area is 325 Å². The number of amidine groups is 1. The van der Waals surface area contributed by atoms with E-state index in [0.29, 0.717) is 17.0 Å². The average molecular weight is 721 g/mol. The molecule has 2 aliphatic rings. The molecule has 0 aromatic heterocycles. The van der Waals surface area contributed by atoms with Crippen molar-refractivity contribution in [2.45, 2.75) is 22.1 Å². The summed E-state index contributed by atoms with van der Waals surface area (Å²) in [6.45, 7) is 6.09. The summed E-state index contributed by atoms with van der Waals surface area (Å²) in [5, 5.41) is 19.5. The third-order valence-corrected chi connectivity index (χ3v) is 11.8. The van der Waals surface area contributed by atoms with E-state index in [-0.39, 0.29) is 0 Å². The van der Waals surface area contributed by atoms with Gasteiger partial charge in [-0.25, -0.2) is 9.98 Å². The van der Waals surface area contributed by atoms with Gasteiger partial charge in [0, 0.05) is 20.9 Å². The van der Waals surface area contributed by atoms with E-state index in [1.54, 1.807) is 17.8 Å². The molecule has 0 fully saturated rings. The summed E-state index contributed by atoms with van der Waals surface area (Å²) in [7, 11) is 0. The molecule has 7 aromatic rings. The van der Waals surface area contributed by atoms with E-state index in [9.17, 15) is 10.5 Å². The topological polar surface area (TPSA) is 72.3 Å². The molecule has 9 rings (SSSR count). The summed E-state index contributed by atoms with van der Waals surface area (Å²) in [5.41, 5.74) is 14.1. The van der Waals surface area contributed by atoms with Gasteiger partial charge in [-0.3, -0.25) is 0 Å². The fourth-order valence-electron chi connectivity index (χ4n) is 8.36. The molecule has 1 aliphatic carbocycles. The van der Waals surface area contributed by atoms with Gasteiger partial charge in [-0.2, -0.15) is 10.5 Å². The molecular weight excluding hydrogens is 689 g/mol. The Bertz CT molecular complexity index is 2770. The largest absolute Gasteiger partial charge is 0.245 e. The zero-order valence-electron chi connectivity index (χ0n) is 30.0. The summed E-state index contributed by atoms with van der Waals surface area (Å²) in [5.74, 6) is 0.512. The Morgan fingerprint density at radius 3 is 1.78 bits per heavy atom. The molecule has 0 atom stereocenters. The van der Waals surface area contributed by atoms with E-state index >= 15 is 0 Å². The molecule has 1 heterocycles. The van der Waals surface area contributed by atoms with Crippen molar-refractivity contribution in [2.24, 2.45) is 9.98 Å². The highest BCUT2D eigenvalue weighted by Crippen LogP contribution is 2.62. The van der Waals surface area contributed by atoms with Crippen LogP contribution >= 0.6 is 11.8 Å². The highest BCUT2D eigenvalue weighted by Gasteiger charge is 2.50. The molecule has 5 heteroatoms. The number of nitrogens with zero attached hydrogens (tertiary/aromatic N) is 4. The smallest absolute Gasteiger partial charge is 0.159 e. The van der Waals surface area contributed by atoms with Crippen LogP contribution < -0.4 is 0 Å². The first-order valence-electron chi connectivity index (χ1n) is 18.0. The lowest BCUT2D eigenvalue weighted by molar-refractivity contribution is 0.722. The highest BCUT2D eigenvalue weighted by molar-refractivity contribution is 7.99. The second-order valence-corrected chi connectivity index (χ2v) is 14.7. The van der Waals surface area contributed by atoms with E-state index < -0.39 is 5.41 Å². The first-order chi connectivity index (χ1) is 27.0. The first-order valence-corrected chi connectivity index (χ1v) is 18.8. The van der Waals surface area contributed by atoms with E-state index in [1.807, 2.05) is 60.7 Å². The van der Waals surface area contributed by atoms with Gasteiger partial charge in [0.25, 0.3) is 0 Å². The molecule has 258 valence electrons. The van der Waals surface area contributed by atoms with Crippen molar-refractivity contribution in [1.82, 2.24) is 0 Å². The standard InChI is InChI=1S/C50H32N4S/c1-32(38-16-6-7-17-39(38)37-27-33(30-51)26-34(28-37)31-52)48(35-14-4-3-5-15-35)54-49(53-2)36-24-25-45-47(29-36)55-46-23-13-12-22-44(46)50(45)42-20-10-8-18-40(42)41-19-9-11-21-43(41)50/h3-29H,2H2,1H3/b48-32+,54-49-. The van der Waals surface area contributed by atoms with Gasteiger partial charge in [-0.15, -0.1) is 0 Å². The molecule has 1 spiro atoms. The predicted molar refractivity (Wildman–Crippen MR) is 224 cm³/mol. The highest BCUT2D eigenvalue weighted by atomic mass is 32.2. The first kappa shape index (κ1) is 33.8. The van der Waals surface area contributed by atoms with Crippen LogP contribution in [0.25, 0.3) is 33.5 Å². The molecular formula is C50H32N4S. The number of benzene rings is 7. The number of nitriles is 2. The lowest BCUT2D eigenvalue weighted by Gasteiger charge is -2.39. The quantitative estimate of drug-likeness (QED) is 0.101. The molecule has 0 unspecified atom stereocenters. The SMILES string of the molecule is C=N/C(=N\C(=C(/C)c1ccccc1-c1cc(C#N)cc(C#N)c1)c1ccccc1)c1ccc2c(c1)Sc1ccccc1C21c2ccccc2-c2ccccc21. The molecule has 0 saturated carbocycles. The average Bonchev–Trinajstić information content (AvgIpc) is 3.54. The van der Waals surface area contributed by atoms with Crippen molar-refractivity contribution in [1.29, 1.82) is 10.5 Å². The molecule has 0 bridgehead atoms. The Kier molecular flexibility index (Phi) is 8.43. The van der Waals surface area contributed by atoms with Crippen molar-refractivity contribution in [3.63, 3.8) is 0 Å². The van der Waals surface area contributed by atoms with Crippen LogP contribution in [-0.4, -0.2) is 12.6 Å². The fraction of sp³-hybridized carbons (Fsp3) is 0.0400. The van der Waals surface area contributed by atoms with Crippen molar-refractivity contribution >= 4 is 35.6 Å². The predicted octanol–water partition coefficient (Wildman–Crippen LogP) is 12.0. The van der Waals surface area contributed by atoms with Crippen LogP contribution in [0.1, 0.15) is 57.0 Å². The summed E-state index contributed by atoms with van der Waals surface area (Å²) in [6.07, 6.45) is 0. The molecule has 0 saturated heterocycles. The lowest BCUT2D eigenvalue weighted by Crippen LogP contribution is -2.32. The van der Waals surface area contributed by atoms with E-state index in [4.69, 9.17) is 4.99 Å². The van der Waals surface area contributed by atoms with Crippen LogP contribution in [0.4, 0.5) is 0 Å². The molecule has 55 heavy (non-hydrogen) atoms. The maximum atomic E-state index is 9.74. The van der Waals surface area contributed by atoms with Crippen LogP contribution in [0.3, 0.4) is 0 Å². The number of allylic oxidation sites excluding steroid dienone is 1. The van der Waals surface area contributed by atoms with Gasteiger partial charge >= 0.3 is 0 Å². The zero-order chi connectivity index (χ0) is 37.5.